The van der Waals surface area contributed by atoms with Crippen LogP contribution >= 0.6 is 0 Å². The standard InChI is InChI=1S/C23H26N4O2/c1-23(2,3)18-11-9-17(10-12-18)22(29)24-15-13-21(28)25-20-14-16-27(26-20)19-7-5-4-6-8-19/h4-12,14,16H,13,15H2,1-3H3,(H,24,29)(H,25,26,28). The molecule has 2 N–H and O–H groups in total. The molecule has 0 unspecified atom stereocenters. The molecule has 2 aromatic carbocycles. The summed E-state index contributed by atoms with van der Waals surface area (Å²) in [6, 6.07) is 18.9. The second kappa shape index (κ2) is 8.73. The number of hydrogen-bond donors (Lipinski definition) is 2. The molecule has 29 heavy (non-hydrogen) atoms. The number of amides is 2. The molecule has 150 valence electrons. The third-order valence-electron chi connectivity index (χ3n) is 4.53. The first-order valence-electron chi connectivity index (χ1n) is 9.62. The van der Waals surface area contributed by atoms with Gasteiger partial charge < -0.3 is 10.6 Å². The fourth-order valence-corrected chi connectivity index (χ4v) is 2.83. The Bertz CT molecular complexity index is 970. The van der Waals surface area contributed by atoms with E-state index in [0.717, 1.165) is 5.69 Å². The molecule has 3 aromatic rings. The van der Waals surface area contributed by atoms with Crippen LogP contribution in [0.3, 0.4) is 0 Å². The van der Waals surface area contributed by atoms with E-state index in [2.05, 4.69) is 36.5 Å². The Hall–Kier alpha value is -3.41. The summed E-state index contributed by atoms with van der Waals surface area (Å²) in [6.45, 7) is 6.64. The molecule has 6 heteroatoms. The normalized spacial score (nSPS) is 11.1. The maximum atomic E-state index is 12.2. The minimum Gasteiger partial charge on any atom is -0.352 e. The van der Waals surface area contributed by atoms with Gasteiger partial charge >= 0.3 is 0 Å². The summed E-state index contributed by atoms with van der Waals surface area (Å²) in [6.07, 6.45) is 1.96. The van der Waals surface area contributed by atoms with Gasteiger partial charge in [0.05, 0.1) is 5.69 Å². The Labute approximate surface area is 170 Å². The van der Waals surface area contributed by atoms with Crippen LogP contribution in [0.4, 0.5) is 5.82 Å². The maximum Gasteiger partial charge on any atom is 0.251 e. The van der Waals surface area contributed by atoms with Crippen molar-refractivity contribution in [2.75, 3.05) is 11.9 Å². The maximum absolute atomic E-state index is 12.2. The third-order valence-corrected chi connectivity index (χ3v) is 4.53. The zero-order valence-electron chi connectivity index (χ0n) is 17.0. The van der Waals surface area contributed by atoms with Gasteiger partial charge in [0.15, 0.2) is 5.82 Å². The van der Waals surface area contributed by atoms with Crippen LogP contribution in [-0.4, -0.2) is 28.1 Å². The van der Waals surface area contributed by atoms with E-state index in [-0.39, 0.29) is 30.2 Å². The Morgan fingerprint density at radius 2 is 1.66 bits per heavy atom. The van der Waals surface area contributed by atoms with Crippen molar-refractivity contribution in [3.05, 3.63) is 78.0 Å². The van der Waals surface area contributed by atoms with Gasteiger partial charge in [0, 0.05) is 30.8 Å². The highest BCUT2D eigenvalue weighted by atomic mass is 16.2. The molecule has 1 heterocycles. The molecule has 1 aromatic heterocycles. The van der Waals surface area contributed by atoms with Crippen molar-refractivity contribution in [2.45, 2.75) is 32.6 Å². The van der Waals surface area contributed by atoms with E-state index in [1.165, 1.54) is 5.56 Å². The van der Waals surface area contributed by atoms with Crippen LogP contribution in [0.15, 0.2) is 66.9 Å². The first kappa shape index (κ1) is 20.3. The van der Waals surface area contributed by atoms with E-state index >= 15 is 0 Å². The second-order valence-electron chi connectivity index (χ2n) is 7.86. The summed E-state index contributed by atoms with van der Waals surface area (Å²) >= 11 is 0. The number of benzene rings is 2. The quantitative estimate of drug-likeness (QED) is 0.670. The molecular formula is C23H26N4O2. The van der Waals surface area contributed by atoms with Gasteiger partial charge in [-0.15, -0.1) is 0 Å². The molecular weight excluding hydrogens is 364 g/mol. The van der Waals surface area contributed by atoms with Crippen LogP contribution in [0.5, 0.6) is 0 Å². The van der Waals surface area contributed by atoms with Crippen molar-refractivity contribution in [1.29, 1.82) is 0 Å². The Kier molecular flexibility index (Phi) is 6.12. The Balaban J connectivity index is 1.46. The third kappa shape index (κ3) is 5.54. The number of nitrogens with one attached hydrogen (secondary N) is 2. The van der Waals surface area contributed by atoms with E-state index in [1.807, 2.05) is 54.6 Å². The lowest BCUT2D eigenvalue weighted by Gasteiger charge is -2.19. The number of carbonyl (C=O) groups excluding carboxylic acids is 2. The fraction of sp³-hybridized carbons (Fsp3) is 0.261. The minimum absolute atomic E-state index is 0.0423. The molecule has 0 aliphatic carbocycles. The Morgan fingerprint density at radius 1 is 0.966 bits per heavy atom. The lowest BCUT2D eigenvalue weighted by Crippen LogP contribution is -2.27. The summed E-state index contributed by atoms with van der Waals surface area (Å²) < 4.78 is 1.69. The van der Waals surface area contributed by atoms with Gasteiger partial charge in [-0.25, -0.2) is 4.68 Å². The summed E-state index contributed by atoms with van der Waals surface area (Å²) in [5.74, 6) is 0.0845. The lowest BCUT2D eigenvalue weighted by atomic mass is 9.87. The molecule has 2 amide bonds. The predicted molar refractivity (Wildman–Crippen MR) is 114 cm³/mol. The van der Waals surface area contributed by atoms with Crippen LogP contribution in [0.25, 0.3) is 5.69 Å². The first-order valence-corrected chi connectivity index (χ1v) is 9.62. The molecule has 0 aliphatic heterocycles. The summed E-state index contributed by atoms with van der Waals surface area (Å²) in [5.41, 5.74) is 2.71. The van der Waals surface area contributed by atoms with Crippen molar-refractivity contribution < 1.29 is 9.59 Å². The van der Waals surface area contributed by atoms with Crippen molar-refractivity contribution in [2.24, 2.45) is 0 Å². The average molecular weight is 390 g/mol. The van der Waals surface area contributed by atoms with Crippen molar-refractivity contribution >= 4 is 17.6 Å². The smallest absolute Gasteiger partial charge is 0.251 e. The second-order valence-corrected chi connectivity index (χ2v) is 7.86. The fourth-order valence-electron chi connectivity index (χ4n) is 2.83. The van der Waals surface area contributed by atoms with Gasteiger partial charge in [-0.05, 0) is 35.2 Å². The highest BCUT2D eigenvalue weighted by molar-refractivity contribution is 5.95. The van der Waals surface area contributed by atoms with Crippen molar-refractivity contribution in [3.63, 3.8) is 0 Å². The topological polar surface area (TPSA) is 76.0 Å². The van der Waals surface area contributed by atoms with Gasteiger partial charge in [0.2, 0.25) is 5.91 Å². The summed E-state index contributed by atoms with van der Waals surface area (Å²) in [4.78, 5) is 24.4. The number of carbonyl (C=O) groups is 2. The predicted octanol–water partition coefficient (Wildman–Crippen LogP) is 3.93. The number of para-hydroxylation sites is 1. The van der Waals surface area contributed by atoms with Crippen LogP contribution in [0.2, 0.25) is 0 Å². The van der Waals surface area contributed by atoms with Crippen molar-refractivity contribution in [1.82, 2.24) is 15.1 Å². The average Bonchev–Trinajstić information content (AvgIpc) is 3.16. The van der Waals surface area contributed by atoms with E-state index in [1.54, 1.807) is 16.9 Å². The zero-order valence-corrected chi connectivity index (χ0v) is 17.0. The van der Waals surface area contributed by atoms with Crippen LogP contribution < -0.4 is 10.6 Å². The van der Waals surface area contributed by atoms with Crippen LogP contribution in [0.1, 0.15) is 43.1 Å². The first-order chi connectivity index (χ1) is 13.8. The molecule has 3 rings (SSSR count). The van der Waals surface area contributed by atoms with E-state index in [4.69, 9.17) is 0 Å². The number of anilines is 1. The van der Waals surface area contributed by atoms with E-state index in [9.17, 15) is 9.59 Å². The lowest BCUT2D eigenvalue weighted by molar-refractivity contribution is -0.116. The SMILES string of the molecule is CC(C)(C)c1ccc(C(=O)NCCC(=O)Nc2ccn(-c3ccccc3)n2)cc1. The van der Waals surface area contributed by atoms with Gasteiger partial charge in [0.1, 0.15) is 0 Å². The molecule has 0 saturated heterocycles. The van der Waals surface area contributed by atoms with Gasteiger partial charge in [-0.3, -0.25) is 9.59 Å². The van der Waals surface area contributed by atoms with Crippen LogP contribution in [0, 0.1) is 0 Å². The zero-order chi connectivity index (χ0) is 20.9. The van der Waals surface area contributed by atoms with E-state index in [0.29, 0.717) is 11.4 Å². The largest absolute Gasteiger partial charge is 0.352 e. The molecule has 6 nitrogen and oxygen atoms in total. The molecule has 0 fully saturated rings. The highest BCUT2D eigenvalue weighted by Crippen LogP contribution is 2.22. The molecule has 0 bridgehead atoms. The molecule has 0 radical (unpaired) electrons. The summed E-state index contributed by atoms with van der Waals surface area (Å²) in [5, 5.41) is 9.86. The van der Waals surface area contributed by atoms with Crippen molar-refractivity contribution in [3.8, 4) is 5.69 Å². The molecule has 0 saturated carbocycles. The Morgan fingerprint density at radius 3 is 2.31 bits per heavy atom. The molecule has 0 spiro atoms. The molecule has 0 aliphatic rings. The minimum atomic E-state index is -0.202. The number of nitrogens with zero attached hydrogens (tertiary/aromatic N) is 2. The van der Waals surface area contributed by atoms with Gasteiger partial charge in [-0.2, -0.15) is 5.10 Å². The number of hydrogen-bond acceptors (Lipinski definition) is 3. The van der Waals surface area contributed by atoms with Crippen LogP contribution in [-0.2, 0) is 10.2 Å². The van der Waals surface area contributed by atoms with E-state index < -0.39 is 0 Å². The van der Waals surface area contributed by atoms with Gasteiger partial charge in [-0.1, -0.05) is 51.1 Å². The highest BCUT2D eigenvalue weighted by Gasteiger charge is 2.14. The summed E-state index contributed by atoms with van der Waals surface area (Å²) in [7, 11) is 0. The molecule has 0 atom stereocenters. The number of rotatable bonds is 6. The monoisotopic (exact) mass is 390 g/mol. The van der Waals surface area contributed by atoms with Gasteiger partial charge in [0.25, 0.3) is 5.91 Å². The number of aromatic nitrogens is 2.